The molecule has 2 aromatic rings. The van der Waals surface area contributed by atoms with Crippen LogP contribution in [0.2, 0.25) is 0 Å². The molecule has 4 nitrogen and oxygen atoms in total. The van der Waals surface area contributed by atoms with Gasteiger partial charge in [0, 0.05) is 0 Å². The van der Waals surface area contributed by atoms with Crippen molar-refractivity contribution >= 4 is 11.4 Å². The molecule has 0 heterocycles. The van der Waals surface area contributed by atoms with E-state index in [0.29, 0.717) is 24.3 Å². The minimum Gasteiger partial charge on any atom is -0.204 e. The van der Waals surface area contributed by atoms with Crippen molar-refractivity contribution in [1.82, 2.24) is 0 Å². The largest absolute Gasteiger partial charge is 0.411 e. The molecule has 2 N–H and O–H groups in total. The Kier molecular flexibility index (Phi) is 4.65. The summed E-state index contributed by atoms with van der Waals surface area (Å²) in [5, 5.41) is 5.94. The number of halogens is 6. The first-order valence-electron chi connectivity index (χ1n) is 6.67. The number of rotatable bonds is 4. The summed E-state index contributed by atoms with van der Waals surface area (Å²) in [6.07, 6.45) is -11.4. The molecule has 0 unspecified atom stereocenters. The highest BCUT2D eigenvalue weighted by Gasteiger charge is 2.72. The van der Waals surface area contributed by atoms with E-state index in [1.807, 2.05) is 0 Å². The molecule has 0 aliphatic rings. The van der Waals surface area contributed by atoms with E-state index >= 15 is 0 Å². The fourth-order valence-electron chi connectivity index (χ4n) is 2.55. The van der Waals surface area contributed by atoms with Crippen molar-refractivity contribution in [2.45, 2.75) is 17.8 Å². The molecule has 0 bridgehead atoms. The molecule has 0 saturated carbocycles. The van der Waals surface area contributed by atoms with Gasteiger partial charge in [-0.15, -0.1) is 0 Å². The van der Waals surface area contributed by atoms with Gasteiger partial charge in [0.1, 0.15) is 0 Å². The fourth-order valence-corrected chi connectivity index (χ4v) is 2.55. The molecule has 0 fully saturated rings. The summed E-state index contributed by atoms with van der Waals surface area (Å²) in [5.41, 5.74) is 7.04. The topological polar surface area (TPSA) is 72.4 Å². The van der Waals surface area contributed by atoms with E-state index in [1.54, 1.807) is 0 Å². The first-order chi connectivity index (χ1) is 11.6. The summed E-state index contributed by atoms with van der Waals surface area (Å²) in [5.74, 6) is 0. The van der Waals surface area contributed by atoms with Gasteiger partial charge in [0.15, 0.2) is 0 Å². The van der Waals surface area contributed by atoms with Gasteiger partial charge in [0.25, 0.3) is 0 Å². The molecule has 0 aliphatic heterocycles. The number of nitrogens with zero attached hydrogens (tertiary/aromatic N) is 2. The maximum atomic E-state index is 13.8. The molecule has 132 valence electrons. The van der Waals surface area contributed by atoms with Crippen LogP contribution in [0.25, 0.3) is 0 Å². The van der Waals surface area contributed by atoms with Gasteiger partial charge >= 0.3 is 12.4 Å². The van der Waals surface area contributed by atoms with Crippen LogP contribution in [0, 0.1) is 11.1 Å². The van der Waals surface area contributed by atoms with E-state index in [0.717, 1.165) is 24.3 Å². The van der Waals surface area contributed by atoms with Gasteiger partial charge in [0.2, 0.25) is 5.41 Å². The van der Waals surface area contributed by atoms with Crippen LogP contribution in [0.1, 0.15) is 11.1 Å². The number of hydrogen-bond donors (Lipinski definition) is 2. The zero-order valence-electron chi connectivity index (χ0n) is 12.3. The zero-order chi connectivity index (χ0) is 18.9. The molecule has 2 rings (SSSR count). The normalized spacial score (nSPS) is 12.7. The lowest BCUT2D eigenvalue weighted by Gasteiger charge is -2.38. The van der Waals surface area contributed by atoms with E-state index in [-0.39, 0.29) is 11.4 Å². The molecular weight excluding hydrogens is 350 g/mol. The Hall–Kier alpha value is -2.78. The minimum absolute atomic E-state index is 0.0784. The molecular formula is C15H10F6N4. The van der Waals surface area contributed by atoms with Gasteiger partial charge in [-0.05, 0) is 35.4 Å². The Balaban J connectivity index is 2.84. The van der Waals surface area contributed by atoms with Crippen LogP contribution in [0.5, 0.6) is 0 Å². The van der Waals surface area contributed by atoms with Gasteiger partial charge < -0.3 is 0 Å². The van der Waals surface area contributed by atoms with Crippen molar-refractivity contribution in [3.8, 4) is 0 Å². The zero-order valence-corrected chi connectivity index (χ0v) is 12.3. The van der Waals surface area contributed by atoms with Crippen molar-refractivity contribution in [3.63, 3.8) is 0 Å². The lowest BCUT2D eigenvalue weighted by molar-refractivity contribution is -0.288. The smallest absolute Gasteiger partial charge is 0.204 e. The Morgan fingerprint density at radius 1 is 0.560 bits per heavy atom. The highest BCUT2D eigenvalue weighted by Crippen LogP contribution is 2.56. The average molecular weight is 360 g/mol. The maximum absolute atomic E-state index is 13.8. The van der Waals surface area contributed by atoms with E-state index in [4.69, 9.17) is 11.1 Å². The lowest BCUT2D eigenvalue weighted by Crippen LogP contribution is -2.54. The Bertz CT molecular complexity index is 695. The first kappa shape index (κ1) is 18.6. The van der Waals surface area contributed by atoms with E-state index in [9.17, 15) is 26.3 Å². The van der Waals surface area contributed by atoms with Gasteiger partial charge in [-0.2, -0.15) is 36.6 Å². The third-order valence-corrected chi connectivity index (χ3v) is 3.71. The van der Waals surface area contributed by atoms with Crippen molar-refractivity contribution < 1.29 is 26.3 Å². The molecule has 0 spiro atoms. The van der Waals surface area contributed by atoms with Crippen LogP contribution in [0.3, 0.4) is 0 Å². The summed E-state index contributed by atoms with van der Waals surface area (Å²) < 4.78 is 82.6. The minimum atomic E-state index is -5.69. The second-order valence-corrected chi connectivity index (χ2v) is 5.06. The van der Waals surface area contributed by atoms with Crippen molar-refractivity contribution in [3.05, 3.63) is 59.7 Å². The maximum Gasteiger partial charge on any atom is 0.411 e. The second-order valence-electron chi connectivity index (χ2n) is 5.06. The summed E-state index contributed by atoms with van der Waals surface area (Å²) in [6, 6.07) is 6.22. The third kappa shape index (κ3) is 2.99. The molecule has 0 atom stereocenters. The third-order valence-electron chi connectivity index (χ3n) is 3.71. The predicted molar refractivity (Wildman–Crippen MR) is 75.4 cm³/mol. The molecule has 0 aromatic heterocycles. The average Bonchev–Trinajstić information content (AvgIpc) is 2.54. The van der Waals surface area contributed by atoms with Gasteiger partial charge in [-0.3, -0.25) is 0 Å². The van der Waals surface area contributed by atoms with Crippen LogP contribution in [-0.4, -0.2) is 12.4 Å². The molecule has 0 radical (unpaired) electrons. The highest BCUT2D eigenvalue weighted by molar-refractivity contribution is 5.50. The second kappa shape index (κ2) is 6.26. The molecule has 0 saturated heterocycles. The fraction of sp³-hybridized carbons (Fsp3) is 0.200. The Morgan fingerprint density at radius 2 is 0.840 bits per heavy atom. The summed E-state index contributed by atoms with van der Waals surface area (Å²) in [4.78, 5) is 0. The van der Waals surface area contributed by atoms with Crippen LogP contribution < -0.4 is 0 Å². The number of benzene rings is 2. The van der Waals surface area contributed by atoms with Crippen molar-refractivity contribution in [2.24, 2.45) is 10.2 Å². The molecule has 10 heteroatoms. The van der Waals surface area contributed by atoms with Crippen LogP contribution >= 0.6 is 0 Å². The van der Waals surface area contributed by atoms with Gasteiger partial charge in [-0.25, -0.2) is 11.1 Å². The molecule has 0 amide bonds. The standard InChI is InChI=1S/C15H10F6N4/c16-14(17,18)13(15(19,20)21,9-1-5-11(24-22)6-2-9)10-3-7-12(25-23)8-4-10/h1-8,22-23H. The lowest BCUT2D eigenvalue weighted by atomic mass is 9.73. The van der Waals surface area contributed by atoms with Crippen LogP contribution in [-0.2, 0) is 5.41 Å². The van der Waals surface area contributed by atoms with E-state index in [1.165, 1.54) is 0 Å². The van der Waals surface area contributed by atoms with Gasteiger partial charge in [-0.1, -0.05) is 24.3 Å². The predicted octanol–water partition coefficient (Wildman–Crippen LogP) is 6.42. The van der Waals surface area contributed by atoms with Crippen molar-refractivity contribution in [1.29, 1.82) is 11.1 Å². The van der Waals surface area contributed by atoms with Crippen LogP contribution in [0.4, 0.5) is 37.7 Å². The first-order valence-corrected chi connectivity index (χ1v) is 6.67. The SMILES string of the molecule is N=Nc1ccc(C(c2ccc(N=N)cc2)(C(F)(F)F)C(F)(F)F)cc1. The van der Waals surface area contributed by atoms with Gasteiger partial charge in [0.05, 0.1) is 11.4 Å². The Morgan fingerprint density at radius 3 is 1.04 bits per heavy atom. The summed E-state index contributed by atoms with van der Waals surface area (Å²) in [6.45, 7) is 0. The van der Waals surface area contributed by atoms with E-state index in [2.05, 4.69) is 10.2 Å². The Labute approximate surface area is 137 Å². The number of alkyl halides is 6. The molecule has 2 aromatic carbocycles. The highest BCUT2D eigenvalue weighted by atomic mass is 19.4. The number of nitrogens with one attached hydrogen (secondary N) is 2. The summed E-state index contributed by atoms with van der Waals surface area (Å²) >= 11 is 0. The number of hydrogen-bond acceptors (Lipinski definition) is 4. The van der Waals surface area contributed by atoms with Crippen molar-refractivity contribution in [2.75, 3.05) is 0 Å². The molecule has 0 aliphatic carbocycles. The quantitative estimate of drug-likeness (QED) is 0.466. The monoisotopic (exact) mass is 360 g/mol. The summed E-state index contributed by atoms with van der Waals surface area (Å²) in [7, 11) is 0. The van der Waals surface area contributed by atoms with E-state index < -0.39 is 28.9 Å². The van der Waals surface area contributed by atoms with Crippen LogP contribution in [0.15, 0.2) is 58.8 Å². The molecule has 25 heavy (non-hydrogen) atoms.